The van der Waals surface area contributed by atoms with Gasteiger partial charge in [-0.15, -0.1) is 10.2 Å². The molecule has 15 heavy (non-hydrogen) atoms. The van der Waals surface area contributed by atoms with Crippen LogP contribution in [0.15, 0.2) is 24.3 Å². The Labute approximate surface area is 87.7 Å². The van der Waals surface area contributed by atoms with Crippen LogP contribution >= 0.6 is 0 Å². The lowest BCUT2D eigenvalue weighted by atomic mass is 10.1. The molecule has 5 nitrogen and oxygen atoms in total. The largest absolute Gasteiger partial charge is 0.330 e. The summed E-state index contributed by atoms with van der Waals surface area (Å²) < 4.78 is 0. The number of nitrogens with one attached hydrogen (secondary N) is 1. The van der Waals surface area contributed by atoms with Crippen molar-refractivity contribution in [2.45, 2.75) is 12.8 Å². The van der Waals surface area contributed by atoms with Crippen molar-refractivity contribution in [3.05, 3.63) is 29.8 Å². The van der Waals surface area contributed by atoms with Crippen LogP contribution in [-0.2, 0) is 6.42 Å². The number of aromatic nitrogens is 4. The number of hydrogen-bond donors (Lipinski definition) is 2. The number of hydrogen-bond acceptors (Lipinski definition) is 4. The average molecular weight is 203 g/mol. The Hall–Kier alpha value is -1.75. The summed E-state index contributed by atoms with van der Waals surface area (Å²) in [5.74, 6) is 0.629. The number of rotatable bonds is 4. The van der Waals surface area contributed by atoms with Crippen LogP contribution in [0.5, 0.6) is 0 Å². The van der Waals surface area contributed by atoms with Gasteiger partial charge in [0, 0.05) is 5.56 Å². The van der Waals surface area contributed by atoms with Crippen molar-refractivity contribution in [2.24, 2.45) is 5.73 Å². The van der Waals surface area contributed by atoms with Crippen molar-refractivity contribution < 1.29 is 0 Å². The summed E-state index contributed by atoms with van der Waals surface area (Å²) in [7, 11) is 0. The highest BCUT2D eigenvalue weighted by molar-refractivity contribution is 5.54. The highest BCUT2D eigenvalue weighted by Crippen LogP contribution is 2.15. The molecule has 0 fully saturated rings. The molecule has 2 rings (SSSR count). The molecular weight excluding hydrogens is 190 g/mol. The van der Waals surface area contributed by atoms with Crippen LogP contribution in [0.1, 0.15) is 12.0 Å². The zero-order valence-electron chi connectivity index (χ0n) is 8.35. The predicted molar refractivity (Wildman–Crippen MR) is 57.0 cm³/mol. The minimum Gasteiger partial charge on any atom is -0.330 e. The van der Waals surface area contributed by atoms with Gasteiger partial charge in [-0.25, -0.2) is 0 Å². The molecule has 1 aromatic heterocycles. The van der Waals surface area contributed by atoms with Gasteiger partial charge in [0.05, 0.1) is 0 Å². The first-order chi connectivity index (χ1) is 7.40. The molecule has 0 aliphatic rings. The van der Waals surface area contributed by atoms with Gasteiger partial charge in [-0.3, -0.25) is 0 Å². The number of aromatic amines is 1. The van der Waals surface area contributed by atoms with Gasteiger partial charge in [0.2, 0.25) is 5.82 Å². The van der Waals surface area contributed by atoms with Crippen LogP contribution in [-0.4, -0.2) is 27.2 Å². The summed E-state index contributed by atoms with van der Waals surface area (Å²) in [6.45, 7) is 0.715. The number of nitrogens with two attached hydrogens (primary N) is 1. The Balaban J connectivity index is 2.19. The SMILES string of the molecule is NCCCc1cccc(-c2nn[nH]n2)c1. The van der Waals surface area contributed by atoms with Gasteiger partial charge in [-0.05, 0) is 36.2 Å². The van der Waals surface area contributed by atoms with Gasteiger partial charge in [-0.2, -0.15) is 5.21 Å². The second-order valence-electron chi connectivity index (χ2n) is 3.33. The monoisotopic (exact) mass is 203 g/mol. The van der Waals surface area contributed by atoms with Gasteiger partial charge in [0.1, 0.15) is 0 Å². The van der Waals surface area contributed by atoms with Gasteiger partial charge in [-0.1, -0.05) is 18.2 Å². The van der Waals surface area contributed by atoms with Crippen LogP contribution in [0.3, 0.4) is 0 Å². The van der Waals surface area contributed by atoms with E-state index in [1.165, 1.54) is 5.56 Å². The molecule has 0 aliphatic carbocycles. The van der Waals surface area contributed by atoms with Crippen molar-refractivity contribution >= 4 is 0 Å². The first kappa shape index (κ1) is 9.79. The van der Waals surface area contributed by atoms with E-state index in [0.29, 0.717) is 12.4 Å². The molecule has 0 saturated heterocycles. The summed E-state index contributed by atoms with van der Waals surface area (Å²) >= 11 is 0. The minimum absolute atomic E-state index is 0.629. The second-order valence-corrected chi connectivity index (χ2v) is 3.33. The quantitative estimate of drug-likeness (QED) is 0.768. The maximum atomic E-state index is 5.47. The van der Waals surface area contributed by atoms with E-state index in [4.69, 9.17) is 5.73 Å². The molecule has 1 aromatic carbocycles. The summed E-state index contributed by atoms with van der Waals surface area (Å²) in [6.07, 6.45) is 1.98. The molecule has 0 atom stereocenters. The van der Waals surface area contributed by atoms with E-state index in [9.17, 15) is 0 Å². The van der Waals surface area contributed by atoms with E-state index in [2.05, 4.69) is 32.8 Å². The van der Waals surface area contributed by atoms with E-state index in [1.807, 2.05) is 12.1 Å². The third-order valence-electron chi connectivity index (χ3n) is 2.20. The van der Waals surface area contributed by atoms with E-state index >= 15 is 0 Å². The molecule has 0 spiro atoms. The molecule has 0 saturated carbocycles. The van der Waals surface area contributed by atoms with E-state index in [-0.39, 0.29) is 0 Å². The lowest BCUT2D eigenvalue weighted by Crippen LogP contribution is -2.00. The van der Waals surface area contributed by atoms with Crippen LogP contribution in [0.25, 0.3) is 11.4 Å². The molecular formula is C10H13N5. The molecule has 78 valence electrons. The molecule has 5 heteroatoms. The second kappa shape index (κ2) is 4.65. The lowest BCUT2D eigenvalue weighted by Gasteiger charge is -2.01. The van der Waals surface area contributed by atoms with E-state index in [0.717, 1.165) is 18.4 Å². The first-order valence-corrected chi connectivity index (χ1v) is 4.93. The molecule has 0 unspecified atom stereocenters. The van der Waals surface area contributed by atoms with Crippen molar-refractivity contribution in [1.82, 2.24) is 20.6 Å². The number of aryl methyl sites for hydroxylation is 1. The van der Waals surface area contributed by atoms with Gasteiger partial charge in [0.15, 0.2) is 0 Å². The fraction of sp³-hybridized carbons (Fsp3) is 0.300. The molecule has 0 radical (unpaired) electrons. The average Bonchev–Trinajstić information content (AvgIpc) is 2.80. The third kappa shape index (κ3) is 2.38. The highest BCUT2D eigenvalue weighted by Gasteiger charge is 2.02. The van der Waals surface area contributed by atoms with E-state index < -0.39 is 0 Å². The van der Waals surface area contributed by atoms with Crippen LogP contribution < -0.4 is 5.73 Å². The first-order valence-electron chi connectivity index (χ1n) is 4.93. The zero-order chi connectivity index (χ0) is 10.5. The Morgan fingerprint density at radius 2 is 2.27 bits per heavy atom. The molecule has 3 N–H and O–H groups in total. The van der Waals surface area contributed by atoms with Crippen molar-refractivity contribution in [3.63, 3.8) is 0 Å². The van der Waals surface area contributed by atoms with Crippen molar-refractivity contribution in [2.75, 3.05) is 6.54 Å². The fourth-order valence-corrected chi connectivity index (χ4v) is 1.46. The van der Waals surface area contributed by atoms with Crippen LogP contribution in [0.2, 0.25) is 0 Å². The molecule has 2 aromatic rings. The van der Waals surface area contributed by atoms with Gasteiger partial charge in [0.25, 0.3) is 0 Å². The summed E-state index contributed by atoms with van der Waals surface area (Å²) in [6, 6.07) is 8.12. The fourth-order valence-electron chi connectivity index (χ4n) is 1.46. The summed E-state index contributed by atoms with van der Waals surface area (Å²) in [5, 5.41) is 13.8. The Bertz CT molecular complexity index is 410. The highest BCUT2D eigenvalue weighted by atomic mass is 15.5. The van der Waals surface area contributed by atoms with Gasteiger partial charge >= 0.3 is 0 Å². The number of tetrazole rings is 1. The Morgan fingerprint density at radius 1 is 1.33 bits per heavy atom. The minimum atomic E-state index is 0.629. The number of nitrogens with zero attached hydrogens (tertiary/aromatic N) is 3. The summed E-state index contributed by atoms with van der Waals surface area (Å²) in [5.41, 5.74) is 7.71. The van der Waals surface area contributed by atoms with Crippen molar-refractivity contribution in [3.8, 4) is 11.4 Å². The smallest absolute Gasteiger partial charge is 0.204 e. The van der Waals surface area contributed by atoms with Crippen LogP contribution in [0.4, 0.5) is 0 Å². The Kier molecular flexibility index (Phi) is 3.04. The molecule has 0 aliphatic heterocycles. The normalized spacial score (nSPS) is 10.5. The molecule has 0 amide bonds. The van der Waals surface area contributed by atoms with Crippen molar-refractivity contribution in [1.29, 1.82) is 0 Å². The van der Waals surface area contributed by atoms with E-state index in [1.54, 1.807) is 0 Å². The zero-order valence-corrected chi connectivity index (χ0v) is 8.35. The topological polar surface area (TPSA) is 80.5 Å². The molecule has 0 bridgehead atoms. The third-order valence-corrected chi connectivity index (χ3v) is 2.20. The van der Waals surface area contributed by atoms with Crippen LogP contribution in [0, 0.1) is 0 Å². The summed E-state index contributed by atoms with van der Waals surface area (Å²) in [4.78, 5) is 0. The molecule has 1 heterocycles. The maximum Gasteiger partial charge on any atom is 0.204 e. The predicted octanol–water partition coefficient (Wildman–Crippen LogP) is 0.758. The number of benzene rings is 1. The maximum absolute atomic E-state index is 5.47. The lowest BCUT2D eigenvalue weighted by molar-refractivity contribution is 0.833. The standard InChI is InChI=1S/C10H13N5/c11-6-2-4-8-3-1-5-9(7-8)10-12-14-15-13-10/h1,3,5,7H,2,4,6,11H2,(H,12,13,14,15). The Morgan fingerprint density at radius 3 is 3.00 bits per heavy atom. The van der Waals surface area contributed by atoms with Gasteiger partial charge < -0.3 is 5.73 Å². The number of H-pyrrole nitrogens is 1.